The van der Waals surface area contributed by atoms with E-state index in [1.54, 1.807) is 13.1 Å². The molecule has 6 nitrogen and oxygen atoms in total. The highest BCUT2D eigenvalue weighted by Crippen LogP contribution is 2.31. The highest BCUT2D eigenvalue weighted by Gasteiger charge is 2.31. The molecule has 20 heavy (non-hydrogen) atoms. The van der Waals surface area contributed by atoms with E-state index >= 15 is 0 Å². The molecule has 1 aliphatic heterocycles. The van der Waals surface area contributed by atoms with E-state index in [4.69, 9.17) is 4.74 Å². The average Bonchev–Trinajstić information content (AvgIpc) is 2.40. The van der Waals surface area contributed by atoms with Crippen LogP contribution in [-0.2, 0) is 11.3 Å². The monoisotopic (exact) mass is 279 g/mol. The highest BCUT2D eigenvalue weighted by atomic mass is 16.6. The number of hydrogen-bond acceptors (Lipinski definition) is 5. The van der Waals surface area contributed by atoms with Crippen molar-refractivity contribution in [3.8, 4) is 0 Å². The molecule has 6 heteroatoms. The maximum absolute atomic E-state index is 11.1. The number of nitro benzene ring substituents is 1. The van der Waals surface area contributed by atoms with Crippen LogP contribution in [0.2, 0.25) is 0 Å². The first-order chi connectivity index (χ1) is 9.45. The zero-order valence-corrected chi connectivity index (χ0v) is 12.2. The zero-order chi connectivity index (χ0) is 14.8. The maximum atomic E-state index is 11.1. The number of ether oxygens (including phenoxy) is 1. The lowest BCUT2D eigenvalue weighted by molar-refractivity contribution is -0.384. The van der Waals surface area contributed by atoms with Crippen LogP contribution in [0.3, 0.4) is 0 Å². The molecule has 0 spiro atoms. The fraction of sp³-hybridized carbons (Fsp3) is 0.571. The lowest BCUT2D eigenvalue weighted by atomic mass is 10.0. The normalized spacial score (nSPS) is 18.8. The number of nitrogens with zero attached hydrogens (tertiary/aromatic N) is 2. The third kappa shape index (κ3) is 2.91. The van der Waals surface area contributed by atoms with Gasteiger partial charge >= 0.3 is 0 Å². The smallest absolute Gasteiger partial charge is 0.292 e. The number of nitro groups is 1. The molecule has 0 bridgehead atoms. The third-order valence-electron chi connectivity index (χ3n) is 3.75. The largest absolute Gasteiger partial charge is 0.382 e. The van der Waals surface area contributed by atoms with E-state index in [0.29, 0.717) is 25.4 Å². The first-order valence-electron chi connectivity index (χ1n) is 6.72. The molecular formula is C14H21N3O3. The molecule has 1 aromatic carbocycles. The van der Waals surface area contributed by atoms with Crippen molar-refractivity contribution in [1.29, 1.82) is 0 Å². The minimum atomic E-state index is -0.347. The Morgan fingerprint density at radius 2 is 2.25 bits per heavy atom. The Morgan fingerprint density at radius 1 is 1.50 bits per heavy atom. The molecule has 0 aliphatic carbocycles. The molecule has 0 amide bonds. The van der Waals surface area contributed by atoms with Gasteiger partial charge in [0.25, 0.3) is 5.69 Å². The van der Waals surface area contributed by atoms with E-state index in [9.17, 15) is 10.1 Å². The quantitative estimate of drug-likeness (QED) is 0.676. The van der Waals surface area contributed by atoms with Gasteiger partial charge in [0.1, 0.15) is 5.69 Å². The molecule has 0 unspecified atom stereocenters. The third-order valence-corrected chi connectivity index (χ3v) is 3.75. The van der Waals surface area contributed by atoms with Crippen LogP contribution >= 0.6 is 0 Å². The van der Waals surface area contributed by atoms with E-state index < -0.39 is 0 Å². The standard InChI is InChI=1S/C14H21N3O3/c1-14(2)10-20-8-7-16(14)9-11-5-4-6-12(17(18)19)13(11)15-3/h4-6,15H,7-10H2,1-3H3. The molecule has 1 aliphatic rings. The molecule has 0 radical (unpaired) electrons. The summed E-state index contributed by atoms with van der Waals surface area (Å²) in [7, 11) is 1.72. The maximum Gasteiger partial charge on any atom is 0.292 e. The predicted molar refractivity (Wildman–Crippen MR) is 78.0 cm³/mol. The highest BCUT2D eigenvalue weighted by molar-refractivity contribution is 5.66. The van der Waals surface area contributed by atoms with Gasteiger partial charge in [-0.25, -0.2) is 0 Å². The van der Waals surface area contributed by atoms with Crippen molar-refractivity contribution >= 4 is 11.4 Å². The average molecular weight is 279 g/mol. The number of benzene rings is 1. The summed E-state index contributed by atoms with van der Waals surface area (Å²) in [5, 5.41) is 14.0. The molecule has 0 saturated carbocycles. The minimum Gasteiger partial charge on any atom is -0.382 e. The van der Waals surface area contributed by atoms with Gasteiger partial charge in [-0.05, 0) is 19.4 Å². The molecule has 1 heterocycles. The van der Waals surface area contributed by atoms with Crippen LogP contribution in [0.15, 0.2) is 18.2 Å². The Kier molecular flexibility index (Phi) is 4.25. The molecule has 0 atom stereocenters. The fourth-order valence-electron chi connectivity index (χ4n) is 2.55. The van der Waals surface area contributed by atoms with Crippen molar-refractivity contribution in [2.45, 2.75) is 25.9 Å². The van der Waals surface area contributed by atoms with Crippen molar-refractivity contribution in [3.63, 3.8) is 0 Å². The van der Waals surface area contributed by atoms with E-state index in [0.717, 1.165) is 12.1 Å². The van der Waals surface area contributed by atoms with Gasteiger partial charge in [-0.1, -0.05) is 12.1 Å². The number of para-hydroxylation sites is 1. The predicted octanol–water partition coefficient (Wildman–Crippen LogP) is 2.25. The Bertz CT molecular complexity index is 502. The zero-order valence-electron chi connectivity index (χ0n) is 12.2. The van der Waals surface area contributed by atoms with Crippen molar-refractivity contribution in [1.82, 2.24) is 4.90 Å². The number of rotatable bonds is 4. The Labute approximate surface area is 118 Å². The summed E-state index contributed by atoms with van der Waals surface area (Å²) >= 11 is 0. The second-order valence-corrected chi connectivity index (χ2v) is 5.60. The van der Waals surface area contributed by atoms with Crippen molar-refractivity contribution in [2.24, 2.45) is 0 Å². The van der Waals surface area contributed by atoms with Gasteiger partial charge in [0.2, 0.25) is 0 Å². The number of nitrogens with one attached hydrogen (secondary N) is 1. The van der Waals surface area contributed by atoms with Gasteiger partial charge in [-0.15, -0.1) is 0 Å². The Morgan fingerprint density at radius 3 is 2.85 bits per heavy atom. The van der Waals surface area contributed by atoms with Gasteiger partial charge in [0, 0.05) is 31.7 Å². The number of anilines is 1. The molecular weight excluding hydrogens is 258 g/mol. The summed E-state index contributed by atoms with van der Waals surface area (Å²) in [5.41, 5.74) is 1.60. The summed E-state index contributed by atoms with van der Waals surface area (Å²) in [4.78, 5) is 13.0. The molecule has 110 valence electrons. The lowest BCUT2D eigenvalue weighted by Gasteiger charge is -2.42. The molecule has 0 aromatic heterocycles. The van der Waals surface area contributed by atoms with Crippen molar-refractivity contribution in [2.75, 3.05) is 32.1 Å². The first kappa shape index (κ1) is 14.7. The molecule has 2 rings (SSSR count). The van der Waals surface area contributed by atoms with Crippen LogP contribution in [0.4, 0.5) is 11.4 Å². The van der Waals surface area contributed by atoms with E-state index in [-0.39, 0.29) is 16.1 Å². The number of morpholine rings is 1. The molecule has 1 aromatic rings. The minimum absolute atomic E-state index is 0.0616. The van der Waals surface area contributed by atoms with Crippen molar-refractivity contribution in [3.05, 3.63) is 33.9 Å². The van der Waals surface area contributed by atoms with Crippen LogP contribution in [0, 0.1) is 10.1 Å². The second-order valence-electron chi connectivity index (χ2n) is 5.60. The van der Waals surface area contributed by atoms with Crippen LogP contribution in [0.1, 0.15) is 19.4 Å². The fourth-order valence-corrected chi connectivity index (χ4v) is 2.55. The first-order valence-corrected chi connectivity index (χ1v) is 6.72. The second kappa shape index (κ2) is 5.76. The van der Waals surface area contributed by atoms with E-state index in [2.05, 4.69) is 24.1 Å². The summed E-state index contributed by atoms with van der Waals surface area (Å²) in [5.74, 6) is 0. The van der Waals surface area contributed by atoms with Gasteiger partial charge in [-0.2, -0.15) is 0 Å². The number of hydrogen-bond donors (Lipinski definition) is 1. The van der Waals surface area contributed by atoms with Gasteiger partial charge < -0.3 is 10.1 Å². The summed E-state index contributed by atoms with van der Waals surface area (Å²) in [6.45, 7) is 7.14. The lowest BCUT2D eigenvalue weighted by Crippen LogP contribution is -2.52. The van der Waals surface area contributed by atoms with Crippen LogP contribution < -0.4 is 5.32 Å². The van der Waals surface area contributed by atoms with Gasteiger partial charge in [0.05, 0.1) is 18.1 Å². The van der Waals surface area contributed by atoms with Crippen molar-refractivity contribution < 1.29 is 9.66 Å². The molecule has 1 N–H and O–H groups in total. The van der Waals surface area contributed by atoms with Crippen LogP contribution in [0.5, 0.6) is 0 Å². The SMILES string of the molecule is CNc1c(CN2CCOCC2(C)C)cccc1[N+](=O)[O-]. The van der Waals surface area contributed by atoms with Gasteiger partial charge in [-0.3, -0.25) is 15.0 Å². The van der Waals surface area contributed by atoms with Gasteiger partial charge in [0.15, 0.2) is 0 Å². The van der Waals surface area contributed by atoms with E-state index in [1.807, 2.05) is 6.07 Å². The van der Waals surface area contributed by atoms with Crippen LogP contribution in [0.25, 0.3) is 0 Å². The van der Waals surface area contributed by atoms with Crippen LogP contribution in [-0.4, -0.2) is 42.2 Å². The molecule has 1 fully saturated rings. The molecule has 1 saturated heterocycles. The summed E-state index contributed by atoms with van der Waals surface area (Å²) < 4.78 is 5.51. The Hall–Kier alpha value is -1.66. The van der Waals surface area contributed by atoms with E-state index in [1.165, 1.54) is 6.07 Å². The summed E-state index contributed by atoms with van der Waals surface area (Å²) in [6, 6.07) is 5.20. The topological polar surface area (TPSA) is 67.6 Å². The Balaban J connectivity index is 2.29. The summed E-state index contributed by atoms with van der Waals surface area (Å²) in [6.07, 6.45) is 0.